The van der Waals surface area contributed by atoms with E-state index in [-0.39, 0.29) is 11.1 Å². The Morgan fingerprint density at radius 2 is 2.14 bits per heavy atom. The molecule has 0 radical (unpaired) electrons. The van der Waals surface area contributed by atoms with E-state index in [4.69, 9.17) is 5.73 Å². The van der Waals surface area contributed by atoms with Gasteiger partial charge in [0, 0.05) is 11.1 Å². The molecule has 0 saturated carbocycles. The van der Waals surface area contributed by atoms with Crippen LogP contribution in [0.4, 0.5) is 0 Å². The van der Waals surface area contributed by atoms with Gasteiger partial charge in [-0.15, -0.1) is 0 Å². The summed E-state index contributed by atoms with van der Waals surface area (Å²) in [6, 6.07) is 1.91. The average Bonchev–Trinajstić information content (AvgIpc) is 2.02. The largest absolute Gasteiger partial charge is 0.345 e. The Morgan fingerprint density at radius 1 is 1.50 bits per heavy atom. The highest BCUT2D eigenvalue weighted by molar-refractivity contribution is 5.16. The SMILES string of the molecule is CC(C)(C)c1cc(CCN)[nH]c(=O)n1. The molecule has 4 heteroatoms. The van der Waals surface area contributed by atoms with Gasteiger partial charge in [0.25, 0.3) is 0 Å². The summed E-state index contributed by atoms with van der Waals surface area (Å²) in [4.78, 5) is 17.8. The van der Waals surface area contributed by atoms with Gasteiger partial charge in [-0.1, -0.05) is 20.8 Å². The summed E-state index contributed by atoms with van der Waals surface area (Å²) in [6.07, 6.45) is 0.681. The second-order valence-corrected chi connectivity index (χ2v) is 4.39. The molecule has 0 fully saturated rings. The normalized spacial score (nSPS) is 11.7. The summed E-state index contributed by atoms with van der Waals surface area (Å²) in [5, 5.41) is 0. The summed E-state index contributed by atoms with van der Waals surface area (Å²) >= 11 is 0. The van der Waals surface area contributed by atoms with Gasteiger partial charge in [-0.3, -0.25) is 0 Å². The van der Waals surface area contributed by atoms with Crippen LogP contribution in [0.1, 0.15) is 32.2 Å². The van der Waals surface area contributed by atoms with Crippen LogP contribution in [0, 0.1) is 0 Å². The Bertz CT molecular complexity index is 362. The minimum absolute atomic E-state index is 0.0996. The predicted octanol–water partition coefficient (Wildman–Crippen LogP) is 0.569. The minimum Gasteiger partial charge on any atom is -0.330 e. The van der Waals surface area contributed by atoms with Gasteiger partial charge < -0.3 is 10.7 Å². The number of rotatable bonds is 2. The first-order valence-corrected chi connectivity index (χ1v) is 4.74. The maximum atomic E-state index is 11.2. The van der Waals surface area contributed by atoms with E-state index >= 15 is 0 Å². The Kier molecular flexibility index (Phi) is 3.06. The number of hydrogen-bond donors (Lipinski definition) is 2. The van der Waals surface area contributed by atoms with Crippen LogP contribution in [0.2, 0.25) is 0 Å². The molecule has 0 bridgehead atoms. The van der Waals surface area contributed by atoms with Gasteiger partial charge in [-0.25, -0.2) is 4.79 Å². The molecule has 0 spiro atoms. The molecule has 0 aromatic carbocycles. The second kappa shape index (κ2) is 3.92. The molecule has 4 nitrogen and oxygen atoms in total. The van der Waals surface area contributed by atoms with Crippen molar-refractivity contribution >= 4 is 0 Å². The highest BCUT2D eigenvalue weighted by atomic mass is 16.1. The van der Waals surface area contributed by atoms with Crippen LogP contribution in [0.3, 0.4) is 0 Å². The Morgan fingerprint density at radius 3 is 2.64 bits per heavy atom. The van der Waals surface area contributed by atoms with Crippen LogP contribution >= 0.6 is 0 Å². The van der Waals surface area contributed by atoms with Crippen molar-refractivity contribution in [2.75, 3.05) is 6.54 Å². The van der Waals surface area contributed by atoms with Gasteiger partial charge in [-0.2, -0.15) is 4.98 Å². The summed E-state index contributed by atoms with van der Waals surface area (Å²) in [5.41, 5.74) is 6.71. The number of nitrogens with zero attached hydrogens (tertiary/aromatic N) is 1. The lowest BCUT2D eigenvalue weighted by Crippen LogP contribution is -2.23. The quantitative estimate of drug-likeness (QED) is 0.724. The zero-order chi connectivity index (χ0) is 10.8. The van der Waals surface area contributed by atoms with E-state index in [1.165, 1.54) is 0 Å². The van der Waals surface area contributed by atoms with Gasteiger partial charge in [0.15, 0.2) is 0 Å². The predicted molar refractivity (Wildman–Crippen MR) is 56.3 cm³/mol. The van der Waals surface area contributed by atoms with Crippen molar-refractivity contribution in [2.45, 2.75) is 32.6 Å². The fourth-order valence-electron chi connectivity index (χ4n) is 1.18. The van der Waals surface area contributed by atoms with E-state index in [0.717, 1.165) is 11.4 Å². The average molecular weight is 195 g/mol. The molecule has 0 saturated heterocycles. The van der Waals surface area contributed by atoms with Crippen LogP contribution in [-0.2, 0) is 11.8 Å². The molecular formula is C10H17N3O. The number of aromatic nitrogens is 2. The van der Waals surface area contributed by atoms with Crippen LogP contribution in [0.25, 0.3) is 0 Å². The van der Waals surface area contributed by atoms with E-state index in [1.807, 2.05) is 26.8 Å². The van der Waals surface area contributed by atoms with Gasteiger partial charge in [-0.05, 0) is 19.0 Å². The third-order valence-corrected chi connectivity index (χ3v) is 1.98. The van der Waals surface area contributed by atoms with Crippen LogP contribution < -0.4 is 11.4 Å². The van der Waals surface area contributed by atoms with Gasteiger partial charge >= 0.3 is 5.69 Å². The first-order chi connectivity index (χ1) is 6.43. The summed E-state index contributed by atoms with van der Waals surface area (Å²) in [5.74, 6) is 0. The summed E-state index contributed by atoms with van der Waals surface area (Å²) < 4.78 is 0. The van der Waals surface area contributed by atoms with Gasteiger partial charge in [0.2, 0.25) is 0 Å². The lowest BCUT2D eigenvalue weighted by atomic mass is 9.91. The topological polar surface area (TPSA) is 71.8 Å². The molecule has 1 rings (SSSR count). The lowest BCUT2D eigenvalue weighted by Gasteiger charge is -2.17. The monoisotopic (exact) mass is 195 g/mol. The highest BCUT2D eigenvalue weighted by Crippen LogP contribution is 2.18. The molecule has 1 heterocycles. The molecule has 3 N–H and O–H groups in total. The fraction of sp³-hybridized carbons (Fsp3) is 0.600. The third-order valence-electron chi connectivity index (χ3n) is 1.98. The number of hydrogen-bond acceptors (Lipinski definition) is 3. The van der Waals surface area contributed by atoms with E-state index in [9.17, 15) is 4.79 Å². The molecule has 0 unspecified atom stereocenters. The van der Waals surface area contributed by atoms with Gasteiger partial charge in [0.1, 0.15) is 0 Å². The molecule has 0 aliphatic carbocycles. The Balaban J connectivity index is 3.14. The standard InChI is InChI=1S/C10H17N3O/c1-10(2,3)8-6-7(4-5-11)12-9(14)13-8/h6H,4-5,11H2,1-3H3,(H,12,13,14). The molecule has 1 aromatic heterocycles. The zero-order valence-electron chi connectivity index (χ0n) is 8.92. The third kappa shape index (κ3) is 2.67. The number of nitrogens with one attached hydrogen (secondary N) is 1. The van der Waals surface area contributed by atoms with Crippen molar-refractivity contribution in [1.82, 2.24) is 9.97 Å². The maximum Gasteiger partial charge on any atom is 0.345 e. The lowest BCUT2D eigenvalue weighted by molar-refractivity contribution is 0.561. The summed E-state index contributed by atoms with van der Waals surface area (Å²) in [6.45, 7) is 6.62. The molecule has 0 atom stereocenters. The molecular weight excluding hydrogens is 178 g/mol. The number of H-pyrrole nitrogens is 1. The van der Waals surface area contributed by atoms with E-state index < -0.39 is 0 Å². The van der Waals surface area contributed by atoms with Crippen molar-refractivity contribution in [3.63, 3.8) is 0 Å². The van der Waals surface area contributed by atoms with Crippen molar-refractivity contribution in [2.24, 2.45) is 5.73 Å². The molecule has 1 aromatic rings. The fourth-order valence-corrected chi connectivity index (χ4v) is 1.18. The van der Waals surface area contributed by atoms with E-state index in [2.05, 4.69) is 9.97 Å². The van der Waals surface area contributed by atoms with Crippen molar-refractivity contribution in [3.05, 3.63) is 27.9 Å². The smallest absolute Gasteiger partial charge is 0.330 e. The molecule has 0 aliphatic rings. The van der Waals surface area contributed by atoms with Crippen molar-refractivity contribution in [1.29, 1.82) is 0 Å². The number of nitrogens with two attached hydrogens (primary N) is 1. The van der Waals surface area contributed by atoms with E-state index in [0.29, 0.717) is 13.0 Å². The first-order valence-electron chi connectivity index (χ1n) is 4.74. The highest BCUT2D eigenvalue weighted by Gasteiger charge is 2.16. The Hall–Kier alpha value is -1.16. The van der Waals surface area contributed by atoms with Crippen LogP contribution in [0.5, 0.6) is 0 Å². The van der Waals surface area contributed by atoms with E-state index in [1.54, 1.807) is 0 Å². The van der Waals surface area contributed by atoms with Crippen LogP contribution in [-0.4, -0.2) is 16.5 Å². The molecule has 0 amide bonds. The minimum atomic E-state index is -0.291. The maximum absolute atomic E-state index is 11.2. The van der Waals surface area contributed by atoms with Crippen molar-refractivity contribution in [3.8, 4) is 0 Å². The number of aromatic amines is 1. The molecule has 14 heavy (non-hydrogen) atoms. The molecule has 78 valence electrons. The molecule has 0 aliphatic heterocycles. The Labute approximate surface area is 83.6 Å². The van der Waals surface area contributed by atoms with Gasteiger partial charge in [0.05, 0.1) is 5.69 Å². The van der Waals surface area contributed by atoms with Crippen LogP contribution in [0.15, 0.2) is 10.9 Å². The zero-order valence-corrected chi connectivity index (χ0v) is 8.92. The summed E-state index contributed by atoms with van der Waals surface area (Å²) in [7, 11) is 0. The van der Waals surface area contributed by atoms with Crippen molar-refractivity contribution < 1.29 is 0 Å². The first kappa shape index (κ1) is 10.9. The second-order valence-electron chi connectivity index (χ2n) is 4.39.